The van der Waals surface area contributed by atoms with E-state index in [1.807, 2.05) is 11.4 Å². The van der Waals surface area contributed by atoms with Gasteiger partial charge in [-0.25, -0.2) is 4.39 Å². The average molecular weight is 368 g/mol. The summed E-state index contributed by atoms with van der Waals surface area (Å²) >= 11 is 4.85. The van der Waals surface area contributed by atoms with Crippen LogP contribution in [0, 0.1) is 5.82 Å². The highest BCUT2D eigenvalue weighted by atomic mass is 79.9. The Hall–Kier alpha value is -0.920. The predicted octanol–water partition coefficient (Wildman–Crippen LogP) is 4.96. The highest BCUT2D eigenvalue weighted by Gasteiger charge is 2.33. The van der Waals surface area contributed by atoms with Gasteiger partial charge in [0.25, 0.3) is 0 Å². The maximum absolute atomic E-state index is 13.0. The number of alkyl halides is 3. The Bertz CT molecular complexity index is 594. The van der Waals surface area contributed by atoms with Gasteiger partial charge >= 0.3 is 6.18 Å². The first-order chi connectivity index (χ1) is 9.38. The molecule has 1 nitrogen and oxygen atoms in total. The van der Waals surface area contributed by atoms with Gasteiger partial charge < -0.3 is 5.32 Å². The highest BCUT2D eigenvalue weighted by molar-refractivity contribution is 9.10. The van der Waals surface area contributed by atoms with E-state index < -0.39 is 17.6 Å². The van der Waals surface area contributed by atoms with Crippen LogP contribution in [-0.2, 0) is 19.3 Å². The van der Waals surface area contributed by atoms with Crippen molar-refractivity contribution in [2.75, 3.05) is 0 Å². The Labute approximate surface area is 125 Å². The fraction of sp³-hybridized carbons (Fsp3) is 0.231. The van der Waals surface area contributed by atoms with Crippen LogP contribution in [0.1, 0.15) is 16.0 Å². The largest absolute Gasteiger partial charge is 0.416 e. The number of halogens is 5. The van der Waals surface area contributed by atoms with E-state index in [4.69, 9.17) is 0 Å². The van der Waals surface area contributed by atoms with E-state index in [0.717, 1.165) is 21.5 Å². The summed E-state index contributed by atoms with van der Waals surface area (Å²) < 4.78 is 52.3. The second-order valence-electron chi connectivity index (χ2n) is 4.09. The third-order valence-corrected chi connectivity index (χ3v) is 4.60. The molecular formula is C13H10BrF4NS. The van der Waals surface area contributed by atoms with E-state index >= 15 is 0 Å². The smallest absolute Gasteiger partial charge is 0.308 e. The molecule has 1 aromatic heterocycles. The quantitative estimate of drug-likeness (QED) is 0.753. The second kappa shape index (κ2) is 6.24. The van der Waals surface area contributed by atoms with E-state index in [2.05, 4.69) is 21.2 Å². The zero-order valence-corrected chi connectivity index (χ0v) is 12.5. The molecule has 0 fully saturated rings. The number of rotatable bonds is 4. The van der Waals surface area contributed by atoms with Gasteiger partial charge in [-0.15, -0.1) is 11.3 Å². The van der Waals surface area contributed by atoms with Crippen molar-refractivity contribution in [3.63, 3.8) is 0 Å². The molecule has 0 amide bonds. The van der Waals surface area contributed by atoms with Crippen LogP contribution in [-0.4, -0.2) is 0 Å². The van der Waals surface area contributed by atoms with Crippen molar-refractivity contribution in [1.29, 1.82) is 0 Å². The molecule has 108 valence electrons. The molecule has 7 heteroatoms. The average Bonchev–Trinajstić information content (AvgIpc) is 2.76. The molecule has 20 heavy (non-hydrogen) atoms. The van der Waals surface area contributed by atoms with Gasteiger partial charge in [0.1, 0.15) is 5.82 Å². The van der Waals surface area contributed by atoms with Crippen LogP contribution < -0.4 is 5.32 Å². The molecule has 0 aliphatic heterocycles. The van der Waals surface area contributed by atoms with Crippen molar-refractivity contribution >= 4 is 27.3 Å². The van der Waals surface area contributed by atoms with Gasteiger partial charge in [-0.2, -0.15) is 13.2 Å². The first-order valence-electron chi connectivity index (χ1n) is 5.66. The van der Waals surface area contributed by atoms with Crippen molar-refractivity contribution in [2.24, 2.45) is 0 Å². The van der Waals surface area contributed by atoms with Crippen molar-refractivity contribution in [2.45, 2.75) is 19.3 Å². The molecule has 2 rings (SSSR count). The lowest BCUT2D eigenvalue weighted by molar-refractivity contribution is -0.138. The molecule has 0 radical (unpaired) electrons. The maximum atomic E-state index is 13.0. The second-order valence-corrected chi connectivity index (χ2v) is 5.95. The first kappa shape index (κ1) is 15.5. The Morgan fingerprint density at radius 2 is 1.90 bits per heavy atom. The summed E-state index contributed by atoms with van der Waals surface area (Å²) in [6, 6.07) is 4.60. The van der Waals surface area contributed by atoms with Gasteiger partial charge in [-0.3, -0.25) is 0 Å². The first-order valence-corrected chi connectivity index (χ1v) is 7.33. The minimum atomic E-state index is -4.55. The molecule has 2 aromatic rings. The lowest BCUT2D eigenvalue weighted by Gasteiger charge is -2.13. The summed E-state index contributed by atoms with van der Waals surface area (Å²) in [6.07, 6.45) is -4.55. The fourth-order valence-electron chi connectivity index (χ4n) is 1.73. The molecule has 0 bridgehead atoms. The van der Waals surface area contributed by atoms with Crippen molar-refractivity contribution in [3.05, 3.63) is 55.9 Å². The Kier molecular flexibility index (Phi) is 4.82. The van der Waals surface area contributed by atoms with Crippen LogP contribution >= 0.6 is 27.3 Å². The third kappa shape index (κ3) is 3.80. The standard InChI is InChI=1S/C13H10BrF4NS/c14-11-3-4-20-12(11)7-19-6-8-1-2-9(15)5-10(8)13(16,17)18/h1-5,19H,6-7H2. The van der Waals surface area contributed by atoms with Crippen molar-refractivity contribution in [3.8, 4) is 0 Å². The SMILES string of the molecule is Fc1ccc(CNCc2sccc2Br)c(C(F)(F)F)c1. The number of hydrogen-bond acceptors (Lipinski definition) is 2. The lowest BCUT2D eigenvalue weighted by Crippen LogP contribution is -2.17. The van der Waals surface area contributed by atoms with Crippen LogP contribution in [0.3, 0.4) is 0 Å². The van der Waals surface area contributed by atoms with E-state index in [9.17, 15) is 17.6 Å². The van der Waals surface area contributed by atoms with Crippen molar-refractivity contribution < 1.29 is 17.6 Å². The predicted molar refractivity (Wildman–Crippen MR) is 74.0 cm³/mol. The van der Waals surface area contributed by atoms with E-state index in [-0.39, 0.29) is 12.1 Å². The minimum Gasteiger partial charge on any atom is -0.308 e. The number of benzene rings is 1. The van der Waals surface area contributed by atoms with Crippen molar-refractivity contribution in [1.82, 2.24) is 5.32 Å². The van der Waals surface area contributed by atoms with Gasteiger partial charge in [0.05, 0.1) is 5.56 Å². The number of hydrogen-bond donors (Lipinski definition) is 1. The molecule has 0 aliphatic rings. The summed E-state index contributed by atoms with van der Waals surface area (Å²) in [5.74, 6) is -0.887. The molecule has 1 heterocycles. The van der Waals surface area contributed by atoms with Gasteiger partial charge in [0, 0.05) is 22.4 Å². The zero-order chi connectivity index (χ0) is 14.8. The summed E-state index contributed by atoms with van der Waals surface area (Å²) in [6.45, 7) is 0.479. The Balaban J connectivity index is 2.08. The van der Waals surface area contributed by atoms with E-state index in [1.165, 1.54) is 11.3 Å². The monoisotopic (exact) mass is 367 g/mol. The summed E-state index contributed by atoms with van der Waals surface area (Å²) in [5.41, 5.74) is -0.901. The van der Waals surface area contributed by atoms with Crippen LogP contribution in [0.25, 0.3) is 0 Å². The maximum Gasteiger partial charge on any atom is 0.416 e. The van der Waals surface area contributed by atoms with Crippen LogP contribution in [0.2, 0.25) is 0 Å². The van der Waals surface area contributed by atoms with E-state index in [0.29, 0.717) is 12.6 Å². The Morgan fingerprint density at radius 3 is 2.50 bits per heavy atom. The van der Waals surface area contributed by atoms with Gasteiger partial charge in [0.15, 0.2) is 0 Å². The van der Waals surface area contributed by atoms with Crippen LogP contribution in [0.5, 0.6) is 0 Å². The highest BCUT2D eigenvalue weighted by Crippen LogP contribution is 2.32. The summed E-state index contributed by atoms with van der Waals surface area (Å²) in [5, 5.41) is 4.82. The number of thiophene rings is 1. The lowest BCUT2D eigenvalue weighted by atomic mass is 10.1. The van der Waals surface area contributed by atoms with Crippen LogP contribution in [0.4, 0.5) is 17.6 Å². The fourth-order valence-corrected chi connectivity index (χ4v) is 3.19. The Morgan fingerprint density at radius 1 is 1.15 bits per heavy atom. The molecule has 0 atom stereocenters. The summed E-state index contributed by atoms with van der Waals surface area (Å²) in [4.78, 5) is 1.00. The molecular weight excluding hydrogens is 358 g/mol. The van der Waals surface area contributed by atoms with Gasteiger partial charge in [0.2, 0.25) is 0 Å². The van der Waals surface area contributed by atoms with E-state index in [1.54, 1.807) is 0 Å². The normalized spacial score (nSPS) is 11.8. The third-order valence-electron chi connectivity index (χ3n) is 2.67. The van der Waals surface area contributed by atoms with Crippen LogP contribution in [0.15, 0.2) is 34.1 Å². The van der Waals surface area contributed by atoms with Gasteiger partial charge in [-0.1, -0.05) is 6.07 Å². The zero-order valence-electron chi connectivity index (χ0n) is 10.1. The molecule has 0 saturated carbocycles. The summed E-state index contributed by atoms with van der Waals surface area (Å²) in [7, 11) is 0. The molecule has 0 unspecified atom stereocenters. The molecule has 1 aromatic carbocycles. The topological polar surface area (TPSA) is 12.0 Å². The molecule has 0 aliphatic carbocycles. The van der Waals surface area contributed by atoms with Gasteiger partial charge in [-0.05, 0) is 45.1 Å². The minimum absolute atomic E-state index is 0.0272. The molecule has 0 saturated heterocycles. The number of nitrogens with one attached hydrogen (secondary N) is 1. The molecule has 0 spiro atoms. The molecule has 1 N–H and O–H groups in total.